The van der Waals surface area contributed by atoms with Crippen LogP contribution >= 0.6 is 0 Å². The predicted molar refractivity (Wildman–Crippen MR) is 69.8 cm³/mol. The summed E-state index contributed by atoms with van der Waals surface area (Å²) in [7, 11) is 2.20. The van der Waals surface area contributed by atoms with E-state index in [1.54, 1.807) is 0 Å². The van der Waals surface area contributed by atoms with Gasteiger partial charge in [-0.05, 0) is 39.5 Å². The number of nitrogens with two attached hydrogens (primary N) is 1. The Morgan fingerprint density at radius 1 is 1.41 bits per heavy atom. The van der Waals surface area contributed by atoms with Crippen LogP contribution in [0.1, 0.15) is 13.3 Å². The molecular formula is C12H23N5. The Morgan fingerprint density at radius 2 is 2.24 bits per heavy atom. The molecule has 0 spiro atoms. The zero-order valence-corrected chi connectivity index (χ0v) is 10.8. The highest BCUT2D eigenvalue weighted by molar-refractivity contribution is 5.23. The Morgan fingerprint density at radius 3 is 2.94 bits per heavy atom. The first-order chi connectivity index (χ1) is 8.15. The van der Waals surface area contributed by atoms with E-state index >= 15 is 0 Å². The van der Waals surface area contributed by atoms with Crippen LogP contribution in [0, 0.1) is 0 Å². The van der Waals surface area contributed by atoms with Gasteiger partial charge in [-0.25, -0.2) is 0 Å². The number of nitrogens with zero attached hydrogens (tertiary/aromatic N) is 4. The van der Waals surface area contributed by atoms with Crippen molar-refractivity contribution in [1.82, 2.24) is 19.6 Å². The molecule has 1 fully saturated rings. The standard InChI is InChI=1S/C12H23N5/c1-11-10-15(2)5-3-6-16(11)8-9-17-7-4-12(13)14-17/h4,7,11H,3,5-6,8-10H2,1-2H3,(H2,13,14). The van der Waals surface area contributed by atoms with Gasteiger partial charge in [0.15, 0.2) is 0 Å². The lowest BCUT2D eigenvalue weighted by molar-refractivity contribution is 0.193. The average molecular weight is 237 g/mol. The maximum atomic E-state index is 5.61. The van der Waals surface area contributed by atoms with Gasteiger partial charge in [0.2, 0.25) is 0 Å². The predicted octanol–water partition coefficient (Wildman–Crippen LogP) is 0.491. The summed E-state index contributed by atoms with van der Waals surface area (Å²) in [5, 5.41) is 4.22. The van der Waals surface area contributed by atoms with Gasteiger partial charge in [-0.1, -0.05) is 0 Å². The van der Waals surface area contributed by atoms with Crippen molar-refractivity contribution in [3.63, 3.8) is 0 Å². The summed E-state index contributed by atoms with van der Waals surface area (Å²) < 4.78 is 1.93. The van der Waals surface area contributed by atoms with E-state index in [9.17, 15) is 0 Å². The van der Waals surface area contributed by atoms with E-state index < -0.39 is 0 Å². The van der Waals surface area contributed by atoms with E-state index in [1.165, 1.54) is 19.5 Å². The third-order valence-corrected chi connectivity index (χ3v) is 3.46. The molecule has 1 atom stereocenters. The van der Waals surface area contributed by atoms with Crippen LogP contribution in [0.5, 0.6) is 0 Å². The van der Waals surface area contributed by atoms with Gasteiger partial charge < -0.3 is 10.6 Å². The normalized spacial score (nSPS) is 23.8. The summed E-state index contributed by atoms with van der Waals surface area (Å²) in [6, 6.07) is 2.47. The molecule has 0 amide bonds. The number of rotatable bonds is 3. The van der Waals surface area contributed by atoms with Crippen LogP contribution < -0.4 is 5.73 Å². The molecule has 0 aliphatic carbocycles. The molecule has 1 aromatic heterocycles. The zero-order chi connectivity index (χ0) is 12.3. The van der Waals surface area contributed by atoms with E-state index in [4.69, 9.17) is 5.73 Å². The van der Waals surface area contributed by atoms with Gasteiger partial charge in [0.05, 0.1) is 6.54 Å². The van der Waals surface area contributed by atoms with Crippen molar-refractivity contribution in [3.05, 3.63) is 12.3 Å². The molecule has 2 N–H and O–H groups in total. The van der Waals surface area contributed by atoms with Gasteiger partial charge in [0.25, 0.3) is 0 Å². The highest BCUT2D eigenvalue weighted by Gasteiger charge is 2.18. The number of hydrogen-bond acceptors (Lipinski definition) is 4. The van der Waals surface area contributed by atoms with Gasteiger partial charge in [-0.3, -0.25) is 9.58 Å². The lowest BCUT2D eigenvalue weighted by Gasteiger charge is -2.27. The Labute approximate surface area is 103 Å². The van der Waals surface area contributed by atoms with Gasteiger partial charge in [0, 0.05) is 25.3 Å². The second kappa shape index (κ2) is 5.51. The Kier molecular flexibility index (Phi) is 4.02. The molecule has 2 heterocycles. The molecule has 0 bridgehead atoms. The molecule has 17 heavy (non-hydrogen) atoms. The van der Waals surface area contributed by atoms with Crippen molar-refractivity contribution in [3.8, 4) is 0 Å². The van der Waals surface area contributed by atoms with E-state index in [1.807, 2.05) is 16.9 Å². The van der Waals surface area contributed by atoms with Gasteiger partial charge in [-0.15, -0.1) is 0 Å². The molecule has 0 aromatic carbocycles. The summed E-state index contributed by atoms with van der Waals surface area (Å²) in [6.45, 7) is 7.82. The zero-order valence-electron chi connectivity index (χ0n) is 10.8. The first-order valence-electron chi connectivity index (χ1n) is 6.36. The summed E-state index contributed by atoms with van der Waals surface area (Å²) in [5.74, 6) is 0.605. The van der Waals surface area contributed by atoms with Crippen LogP contribution in [0.2, 0.25) is 0 Å². The minimum absolute atomic E-state index is 0.605. The number of hydrogen-bond donors (Lipinski definition) is 1. The van der Waals surface area contributed by atoms with Gasteiger partial charge >= 0.3 is 0 Å². The van der Waals surface area contributed by atoms with Crippen LogP contribution in [0.4, 0.5) is 5.82 Å². The molecule has 96 valence electrons. The Hall–Kier alpha value is -1.07. The lowest BCUT2D eigenvalue weighted by Crippen LogP contribution is -2.39. The van der Waals surface area contributed by atoms with Crippen LogP contribution in [0.15, 0.2) is 12.3 Å². The first-order valence-corrected chi connectivity index (χ1v) is 6.36. The lowest BCUT2D eigenvalue weighted by atomic mass is 10.2. The Balaban J connectivity index is 1.85. The fourth-order valence-electron chi connectivity index (χ4n) is 2.49. The topological polar surface area (TPSA) is 50.3 Å². The van der Waals surface area contributed by atoms with Crippen molar-refractivity contribution in [2.24, 2.45) is 0 Å². The summed E-state index contributed by atoms with van der Waals surface area (Å²) in [5.41, 5.74) is 5.61. The molecule has 0 saturated carbocycles. The molecule has 1 aromatic rings. The molecule has 1 saturated heterocycles. The highest BCUT2D eigenvalue weighted by atomic mass is 15.3. The molecule has 0 radical (unpaired) electrons. The van der Waals surface area contributed by atoms with Crippen molar-refractivity contribution in [1.29, 1.82) is 0 Å². The van der Waals surface area contributed by atoms with E-state index in [2.05, 4.69) is 28.9 Å². The molecule has 1 unspecified atom stereocenters. The second-order valence-corrected chi connectivity index (χ2v) is 5.00. The van der Waals surface area contributed by atoms with Gasteiger partial charge in [0.1, 0.15) is 5.82 Å². The summed E-state index contributed by atoms with van der Waals surface area (Å²) >= 11 is 0. The molecule has 5 heteroatoms. The van der Waals surface area contributed by atoms with E-state index in [0.29, 0.717) is 11.9 Å². The maximum absolute atomic E-state index is 5.61. The molecule has 5 nitrogen and oxygen atoms in total. The van der Waals surface area contributed by atoms with Crippen molar-refractivity contribution < 1.29 is 0 Å². The van der Waals surface area contributed by atoms with E-state index in [-0.39, 0.29) is 0 Å². The average Bonchev–Trinajstić information content (AvgIpc) is 2.61. The second-order valence-electron chi connectivity index (χ2n) is 5.00. The van der Waals surface area contributed by atoms with Crippen molar-refractivity contribution in [2.75, 3.05) is 39.0 Å². The van der Waals surface area contributed by atoms with Crippen LogP contribution in [0.3, 0.4) is 0 Å². The number of nitrogen functional groups attached to an aromatic ring is 1. The third kappa shape index (κ3) is 3.44. The molecule has 1 aliphatic heterocycles. The third-order valence-electron chi connectivity index (χ3n) is 3.46. The molecule has 2 rings (SSSR count). The number of aromatic nitrogens is 2. The summed E-state index contributed by atoms with van der Waals surface area (Å²) in [4.78, 5) is 4.96. The first kappa shape index (κ1) is 12.4. The van der Waals surface area contributed by atoms with Crippen LogP contribution in [-0.4, -0.2) is 58.8 Å². The minimum Gasteiger partial charge on any atom is -0.382 e. The fourth-order valence-corrected chi connectivity index (χ4v) is 2.49. The van der Waals surface area contributed by atoms with Crippen molar-refractivity contribution >= 4 is 5.82 Å². The summed E-state index contributed by atoms with van der Waals surface area (Å²) in [6.07, 6.45) is 3.20. The van der Waals surface area contributed by atoms with Crippen molar-refractivity contribution in [2.45, 2.75) is 25.9 Å². The SMILES string of the molecule is CC1CN(C)CCCN1CCn1ccc(N)n1. The fraction of sp³-hybridized carbons (Fsp3) is 0.750. The maximum Gasteiger partial charge on any atom is 0.145 e. The number of anilines is 1. The number of likely N-dealkylation sites (N-methyl/N-ethyl adjacent to an activating group) is 1. The molecule has 1 aliphatic rings. The smallest absolute Gasteiger partial charge is 0.145 e. The van der Waals surface area contributed by atoms with Crippen LogP contribution in [-0.2, 0) is 6.54 Å². The monoisotopic (exact) mass is 237 g/mol. The largest absolute Gasteiger partial charge is 0.382 e. The highest BCUT2D eigenvalue weighted by Crippen LogP contribution is 2.08. The van der Waals surface area contributed by atoms with E-state index in [0.717, 1.165) is 19.6 Å². The van der Waals surface area contributed by atoms with Crippen LogP contribution in [0.25, 0.3) is 0 Å². The minimum atomic E-state index is 0.605. The van der Waals surface area contributed by atoms with Gasteiger partial charge in [-0.2, -0.15) is 5.10 Å². The molecular weight excluding hydrogens is 214 g/mol. The quantitative estimate of drug-likeness (QED) is 0.831. The Bertz CT molecular complexity index is 348.